The lowest BCUT2D eigenvalue weighted by molar-refractivity contribution is 0.266. The summed E-state index contributed by atoms with van der Waals surface area (Å²) >= 11 is 0. The highest BCUT2D eigenvalue weighted by molar-refractivity contribution is 6.77. The lowest BCUT2D eigenvalue weighted by Gasteiger charge is -2.42. The molecule has 0 radical (unpaired) electrons. The molecule has 0 fully saturated rings. The van der Waals surface area contributed by atoms with E-state index in [9.17, 15) is 0 Å². The first kappa shape index (κ1) is 22.1. The first-order chi connectivity index (χ1) is 13.2. The Morgan fingerprint density at radius 1 is 0.929 bits per heavy atom. The molecular weight excluding hydrogens is 358 g/mol. The van der Waals surface area contributed by atoms with Gasteiger partial charge in [-0.15, -0.1) is 0 Å². The number of hydrogen-bond donors (Lipinski definition) is 0. The maximum absolute atomic E-state index is 9.10. The molecule has 0 unspecified atom stereocenters. The van der Waals surface area contributed by atoms with Crippen molar-refractivity contribution in [2.24, 2.45) is 0 Å². The maximum atomic E-state index is 9.10. The van der Waals surface area contributed by atoms with Crippen molar-refractivity contribution in [3.8, 4) is 6.07 Å². The molecule has 0 atom stereocenters. The van der Waals surface area contributed by atoms with E-state index < -0.39 is 8.32 Å². The van der Waals surface area contributed by atoms with Gasteiger partial charge in [-0.25, -0.2) is 0 Å². The Hall–Kier alpha value is -2.15. The molecule has 148 valence electrons. The molecule has 0 aliphatic rings. The van der Waals surface area contributed by atoms with Crippen LogP contribution in [0.3, 0.4) is 0 Å². The first-order valence-electron chi connectivity index (χ1n) is 10.1. The molecule has 0 N–H and O–H groups in total. The standard InChI is InChI=1S/C25H33NOSi/c1-18(2)28(19(3)4,20(5)6)27-17-22-11-13-24(14-12-22)21(7)25-10-8-9-23(15-25)16-26/h8-15,18-20H,7,17H2,1-6H3. The van der Waals surface area contributed by atoms with E-state index >= 15 is 0 Å². The Balaban J connectivity index is 2.16. The van der Waals surface area contributed by atoms with E-state index in [1.807, 2.05) is 24.3 Å². The normalized spacial score (nSPS) is 11.9. The first-order valence-corrected chi connectivity index (χ1v) is 12.3. The fourth-order valence-corrected chi connectivity index (χ4v) is 9.87. The van der Waals surface area contributed by atoms with Gasteiger partial charge < -0.3 is 4.43 Å². The van der Waals surface area contributed by atoms with Crippen molar-refractivity contribution in [2.45, 2.75) is 64.8 Å². The second-order valence-corrected chi connectivity index (χ2v) is 13.9. The molecule has 2 aromatic carbocycles. The minimum Gasteiger partial charge on any atom is -0.412 e. The molecule has 0 amide bonds. The summed E-state index contributed by atoms with van der Waals surface area (Å²) in [6, 6.07) is 18.2. The molecule has 0 aliphatic heterocycles. The van der Waals surface area contributed by atoms with Gasteiger partial charge in [-0.2, -0.15) is 5.26 Å². The van der Waals surface area contributed by atoms with E-state index in [0.717, 1.165) is 16.7 Å². The van der Waals surface area contributed by atoms with Crippen LogP contribution in [0.5, 0.6) is 0 Å². The average Bonchev–Trinajstić information content (AvgIpc) is 2.67. The third kappa shape index (κ3) is 4.63. The lowest BCUT2D eigenvalue weighted by atomic mass is 9.97. The average molecular weight is 392 g/mol. The van der Waals surface area contributed by atoms with Crippen molar-refractivity contribution < 1.29 is 4.43 Å². The second-order valence-electron chi connectivity index (χ2n) is 8.47. The maximum Gasteiger partial charge on any atom is 0.200 e. The van der Waals surface area contributed by atoms with Crippen LogP contribution in [0.2, 0.25) is 16.6 Å². The number of rotatable bonds is 8. The smallest absolute Gasteiger partial charge is 0.200 e. The van der Waals surface area contributed by atoms with Crippen LogP contribution in [0, 0.1) is 11.3 Å². The van der Waals surface area contributed by atoms with E-state index in [-0.39, 0.29) is 0 Å². The van der Waals surface area contributed by atoms with Crippen LogP contribution in [0.15, 0.2) is 55.1 Å². The number of nitrogens with zero attached hydrogens (tertiary/aromatic N) is 1. The third-order valence-electron chi connectivity index (χ3n) is 5.84. The molecule has 0 bridgehead atoms. The molecule has 2 nitrogen and oxygen atoms in total. The highest BCUT2D eigenvalue weighted by atomic mass is 28.4. The number of nitriles is 1. The Morgan fingerprint density at radius 2 is 1.50 bits per heavy atom. The summed E-state index contributed by atoms with van der Waals surface area (Å²) in [4.78, 5) is 0. The molecule has 0 saturated heterocycles. The monoisotopic (exact) mass is 391 g/mol. The van der Waals surface area contributed by atoms with Gasteiger partial charge in [0.25, 0.3) is 0 Å². The molecule has 0 aromatic heterocycles. The van der Waals surface area contributed by atoms with Gasteiger partial charge in [0.15, 0.2) is 0 Å². The molecule has 2 rings (SSSR count). The second kappa shape index (κ2) is 9.36. The van der Waals surface area contributed by atoms with Gasteiger partial charge in [0, 0.05) is 0 Å². The van der Waals surface area contributed by atoms with E-state index in [1.165, 1.54) is 5.56 Å². The van der Waals surface area contributed by atoms with Crippen molar-refractivity contribution in [3.63, 3.8) is 0 Å². The zero-order chi connectivity index (χ0) is 20.9. The zero-order valence-electron chi connectivity index (χ0n) is 18.1. The van der Waals surface area contributed by atoms with Gasteiger partial charge in [0.05, 0.1) is 18.2 Å². The molecule has 0 saturated carbocycles. The van der Waals surface area contributed by atoms with Crippen molar-refractivity contribution >= 4 is 13.9 Å². The Labute approximate surface area is 172 Å². The number of hydrogen-bond acceptors (Lipinski definition) is 2. The van der Waals surface area contributed by atoms with Gasteiger partial charge in [-0.3, -0.25) is 0 Å². The van der Waals surface area contributed by atoms with E-state index in [0.29, 0.717) is 28.8 Å². The van der Waals surface area contributed by atoms with Crippen molar-refractivity contribution in [3.05, 3.63) is 77.4 Å². The minimum atomic E-state index is -1.86. The summed E-state index contributed by atoms with van der Waals surface area (Å²) in [5.74, 6) is 0. The minimum absolute atomic E-state index is 0.582. The van der Waals surface area contributed by atoms with Crippen LogP contribution in [-0.4, -0.2) is 8.32 Å². The summed E-state index contributed by atoms with van der Waals surface area (Å²) in [6.07, 6.45) is 0. The quantitative estimate of drug-likeness (QED) is 0.442. The molecule has 28 heavy (non-hydrogen) atoms. The lowest BCUT2D eigenvalue weighted by Crippen LogP contribution is -2.47. The van der Waals surface area contributed by atoms with Crippen molar-refractivity contribution in [1.82, 2.24) is 0 Å². The highest BCUT2D eigenvalue weighted by Gasteiger charge is 2.44. The van der Waals surface area contributed by atoms with Gasteiger partial charge >= 0.3 is 0 Å². The third-order valence-corrected chi connectivity index (χ3v) is 11.9. The van der Waals surface area contributed by atoms with Gasteiger partial charge in [0.2, 0.25) is 8.32 Å². The van der Waals surface area contributed by atoms with E-state index in [4.69, 9.17) is 9.69 Å². The van der Waals surface area contributed by atoms with E-state index in [2.05, 4.69) is 78.5 Å². The van der Waals surface area contributed by atoms with Crippen LogP contribution < -0.4 is 0 Å². The molecule has 0 heterocycles. The molecule has 3 heteroatoms. The molecular formula is C25H33NOSi. The molecule has 0 aliphatic carbocycles. The molecule has 0 spiro atoms. The highest BCUT2D eigenvalue weighted by Crippen LogP contribution is 2.42. The topological polar surface area (TPSA) is 33.0 Å². The fraction of sp³-hybridized carbons (Fsp3) is 0.400. The zero-order valence-corrected chi connectivity index (χ0v) is 19.1. The predicted octanol–water partition coefficient (Wildman–Crippen LogP) is 7.31. The summed E-state index contributed by atoms with van der Waals surface area (Å²) in [6.45, 7) is 18.8. The van der Waals surface area contributed by atoms with Gasteiger partial charge in [0.1, 0.15) is 0 Å². The summed E-state index contributed by atoms with van der Waals surface area (Å²) in [7, 11) is -1.86. The Bertz CT molecular complexity index is 822. The van der Waals surface area contributed by atoms with Gasteiger partial charge in [-0.1, -0.05) is 84.5 Å². The molecule has 2 aromatic rings. The Kier molecular flexibility index (Phi) is 7.40. The fourth-order valence-electron chi connectivity index (χ4n) is 4.45. The van der Waals surface area contributed by atoms with E-state index in [1.54, 1.807) is 0 Å². The summed E-state index contributed by atoms with van der Waals surface area (Å²) in [5, 5.41) is 9.10. The van der Waals surface area contributed by atoms with Crippen LogP contribution >= 0.6 is 0 Å². The van der Waals surface area contributed by atoms with Crippen LogP contribution in [-0.2, 0) is 11.0 Å². The summed E-state index contributed by atoms with van der Waals surface area (Å²) in [5.41, 5.74) is 6.58. The number of benzene rings is 2. The van der Waals surface area contributed by atoms with Crippen LogP contribution in [0.1, 0.15) is 63.8 Å². The SMILES string of the molecule is C=C(c1ccc(CO[Si](C(C)C)(C(C)C)C(C)C)cc1)c1cccc(C#N)c1. The largest absolute Gasteiger partial charge is 0.412 e. The van der Waals surface area contributed by atoms with Gasteiger partial charge in [-0.05, 0) is 51.0 Å². The van der Waals surface area contributed by atoms with Crippen molar-refractivity contribution in [2.75, 3.05) is 0 Å². The Morgan fingerprint density at radius 3 is 2.00 bits per heavy atom. The summed E-state index contributed by atoms with van der Waals surface area (Å²) < 4.78 is 6.70. The van der Waals surface area contributed by atoms with Crippen LogP contribution in [0.4, 0.5) is 0 Å². The van der Waals surface area contributed by atoms with Crippen molar-refractivity contribution in [1.29, 1.82) is 5.26 Å². The predicted molar refractivity (Wildman–Crippen MR) is 122 cm³/mol. The van der Waals surface area contributed by atoms with Crippen LogP contribution in [0.25, 0.3) is 5.57 Å².